The van der Waals surface area contributed by atoms with Crippen molar-refractivity contribution in [1.82, 2.24) is 0 Å². The van der Waals surface area contributed by atoms with Crippen molar-refractivity contribution in [2.45, 2.75) is 16.5 Å². The summed E-state index contributed by atoms with van der Waals surface area (Å²) < 4.78 is 35.8. The van der Waals surface area contributed by atoms with Crippen LogP contribution in [0.25, 0.3) is 0 Å². The first-order chi connectivity index (χ1) is 7.29. The van der Waals surface area contributed by atoms with E-state index in [1.54, 1.807) is 0 Å². The Balaban J connectivity index is 2.79. The molecule has 0 aliphatic rings. The number of alkyl halides is 3. The summed E-state index contributed by atoms with van der Waals surface area (Å²) in [4.78, 5) is 10.3. The smallest absolute Gasteiger partial charge is 0.446 e. The van der Waals surface area contributed by atoms with Crippen LogP contribution in [0.1, 0.15) is 11.7 Å². The van der Waals surface area contributed by atoms with Gasteiger partial charge in [-0.15, -0.1) is 0 Å². The highest BCUT2D eigenvalue weighted by molar-refractivity contribution is 8.00. The average molecular weight is 252 g/mol. The van der Waals surface area contributed by atoms with Gasteiger partial charge in [-0.2, -0.15) is 13.2 Å². The number of carbonyl (C=O) groups is 1. The van der Waals surface area contributed by atoms with Crippen LogP contribution in [-0.2, 0) is 4.79 Å². The lowest BCUT2D eigenvalue weighted by Crippen LogP contribution is -2.10. The van der Waals surface area contributed by atoms with Crippen LogP contribution in [0, 0.1) is 0 Å². The van der Waals surface area contributed by atoms with E-state index >= 15 is 0 Å². The van der Waals surface area contributed by atoms with Crippen molar-refractivity contribution in [3.63, 3.8) is 0 Å². The van der Waals surface area contributed by atoms with Gasteiger partial charge in [0.1, 0.15) is 0 Å². The molecule has 1 aromatic carbocycles. The first-order valence-electron chi connectivity index (χ1n) is 4.06. The monoisotopic (exact) mass is 252 g/mol. The van der Waals surface area contributed by atoms with E-state index in [9.17, 15) is 18.0 Å². The molecule has 0 bridgehead atoms. The quantitative estimate of drug-likeness (QED) is 0.811. The van der Waals surface area contributed by atoms with Gasteiger partial charge in [-0.05, 0) is 29.5 Å². The molecule has 0 radical (unpaired) electrons. The molecule has 3 nitrogen and oxygen atoms in total. The van der Waals surface area contributed by atoms with Gasteiger partial charge < -0.3 is 10.2 Å². The Labute approximate surface area is 92.9 Å². The lowest BCUT2D eigenvalue weighted by Gasteiger charge is -2.08. The second-order valence-corrected chi connectivity index (χ2v) is 4.00. The third-order valence-corrected chi connectivity index (χ3v) is 2.40. The minimum absolute atomic E-state index is 0.0408. The zero-order chi connectivity index (χ0) is 12.3. The van der Waals surface area contributed by atoms with Crippen molar-refractivity contribution in [3.8, 4) is 0 Å². The maximum Gasteiger partial charge on any atom is 0.446 e. The van der Waals surface area contributed by atoms with E-state index in [0.717, 1.165) is 24.3 Å². The molecule has 2 N–H and O–H groups in total. The number of hydrogen-bond acceptors (Lipinski definition) is 3. The van der Waals surface area contributed by atoms with Crippen molar-refractivity contribution < 1.29 is 28.2 Å². The van der Waals surface area contributed by atoms with Gasteiger partial charge in [0.05, 0.1) is 0 Å². The molecule has 1 atom stereocenters. The van der Waals surface area contributed by atoms with Crippen molar-refractivity contribution in [2.75, 3.05) is 0 Å². The normalized spacial score (nSPS) is 13.5. The molecule has 0 fully saturated rings. The van der Waals surface area contributed by atoms with Crippen molar-refractivity contribution in [1.29, 1.82) is 0 Å². The number of carboxylic acids is 1. The van der Waals surface area contributed by atoms with Gasteiger partial charge in [-0.3, -0.25) is 0 Å². The molecule has 0 amide bonds. The lowest BCUT2D eigenvalue weighted by atomic mass is 10.1. The predicted molar refractivity (Wildman–Crippen MR) is 50.9 cm³/mol. The van der Waals surface area contributed by atoms with E-state index in [1.807, 2.05) is 0 Å². The summed E-state index contributed by atoms with van der Waals surface area (Å²) in [6, 6.07) is 4.51. The summed E-state index contributed by atoms with van der Waals surface area (Å²) in [5.74, 6) is -1.45. The number of aliphatic carboxylic acids is 1. The number of rotatable bonds is 3. The summed E-state index contributed by atoms with van der Waals surface area (Å²) in [5.41, 5.74) is -4.34. The molecule has 1 aromatic rings. The van der Waals surface area contributed by atoms with E-state index in [4.69, 9.17) is 10.2 Å². The summed E-state index contributed by atoms with van der Waals surface area (Å²) in [7, 11) is 0. The SMILES string of the molecule is O=C(O)C(O)c1ccc(SC(F)(F)F)cc1. The van der Waals surface area contributed by atoms with Crippen LogP contribution in [-0.4, -0.2) is 21.7 Å². The Morgan fingerprint density at radius 1 is 1.25 bits per heavy atom. The van der Waals surface area contributed by atoms with E-state index in [1.165, 1.54) is 0 Å². The topological polar surface area (TPSA) is 57.5 Å². The minimum Gasteiger partial charge on any atom is -0.479 e. The molecule has 7 heteroatoms. The summed E-state index contributed by atoms with van der Waals surface area (Å²) in [6.07, 6.45) is -1.72. The van der Waals surface area contributed by atoms with Gasteiger partial charge in [0.25, 0.3) is 0 Å². The van der Waals surface area contributed by atoms with Crippen LogP contribution in [0.2, 0.25) is 0 Å². The Morgan fingerprint density at radius 2 is 1.75 bits per heavy atom. The fourth-order valence-electron chi connectivity index (χ4n) is 0.994. The number of halogens is 3. The highest BCUT2D eigenvalue weighted by atomic mass is 32.2. The van der Waals surface area contributed by atoms with Crippen LogP contribution in [0.5, 0.6) is 0 Å². The van der Waals surface area contributed by atoms with Crippen molar-refractivity contribution in [3.05, 3.63) is 29.8 Å². The van der Waals surface area contributed by atoms with Gasteiger partial charge in [0.2, 0.25) is 0 Å². The molecule has 0 aliphatic heterocycles. The highest BCUT2D eigenvalue weighted by Gasteiger charge is 2.29. The van der Waals surface area contributed by atoms with Gasteiger partial charge in [-0.1, -0.05) is 12.1 Å². The standard InChI is InChI=1S/C9H7F3O3S/c10-9(11,12)16-6-3-1-5(2-4-6)7(13)8(14)15/h1-4,7,13H,(H,14,15). The van der Waals surface area contributed by atoms with Crippen LogP contribution >= 0.6 is 11.8 Å². The molecule has 1 rings (SSSR count). The summed E-state index contributed by atoms with van der Waals surface area (Å²) in [6.45, 7) is 0. The van der Waals surface area contributed by atoms with Crippen LogP contribution < -0.4 is 0 Å². The predicted octanol–water partition coefficient (Wildman–Crippen LogP) is 2.42. The number of thioether (sulfide) groups is 1. The van der Waals surface area contributed by atoms with E-state index in [0.29, 0.717) is 0 Å². The Bertz CT molecular complexity index is 375. The Morgan fingerprint density at radius 3 is 2.12 bits per heavy atom. The second-order valence-electron chi connectivity index (χ2n) is 2.86. The zero-order valence-corrected chi connectivity index (χ0v) is 8.55. The highest BCUT2D eigenvalue weighted by Crippen LogP contribution is 2.36. The van der Waals surface area contributed by atoms with Crippen molar-refractivity contribution >= 4 is 17.7 Å². The zero-order valence-electron chi connectivity index (χ0n) is 7.73. The van der Waals surface area contributed by atoms with Gasteiger partial charge in [0.15, 0.2) is 6.10 Å². The molecule has 0 saturated carbocycles. The third-order valence-electron chi connectivity index (χ3n) is 1.66. The number of aliphatic hydroxyl groups excluding tert-OH is 1. The lowest BCUT2D eigenvalue weighted by molar-refractivity contribution is -0.146. The number of hydrogen-bond donors (Lipinski definition) is 2. The van der Waals surface area contributed by atoms with Crippen molar-refractivity contribution in [2.24, 2.45) is 0 Å². The van der Waals surface area contributed by atoms with Crippen LogP contribution in [0.15, 0.2) is 29.2 Å². The Hall–Kier alpha value is -1.21. The molecule has 0 heterocycles. The van der Waals surface area contributed by atoms with Gasteiger partial charge in [-0.25, -0.2) is 4.79 Å². The first-order valence-corrected chi connectivity index (χ1v) is 4.88. The number of carboxylic acid groups (broad SMARTS) is 1. The molecule has 88 valence electrons. The van der Waals surface area contributed by atoms with Crippen LogP contribution in [0.4, 0.5) is 13.2 Å². The summed E-state index contributed by atoms with van der Waals surface area (Å²) in [5, 5.41) is 17.5. The molecule has 16 heavy (non-hydrogen) atoms. The van der Waals surface area contributed by atoms with E-state index in [2.05, 4.69) is 0 Å². The third kappa shape index (κ3) is 3.74. The molecular formula is C9H7F3O3S. The maximum absolute atomic E-state index is 11.9. The molecule has 1 unspecified atom stereocenters. The van der Waals surface area contributed by atoms with Gasteiger partial charge in [0, 0.05) is 4.90 Å². The fourth-order valence-corrected chi connectivity index (χ4v) is 1.53. The summed E-state index contributed by atoms with van der Waals surface area (Å²) >= 11 is -0.300. The molecule has 0 aliphatic carbocycles. The minimum atomic E-state index is -4.38. The average Bonchev–Trinajstić information content (AvgIpc) is 2.15. The number of benzene rings is 1. The fraction of sp³-hybridized carbons (Fsp3) is 0.222. The Kier molecular flexibility index (Phi) is 3.82. The van der Waals surface area contributed by atoms with E-state index in [-0.39, 0.29) is 22.2 Å². The molecular weight excluding hydrogens is 245 g/mol. The number of aliphatic hydroxyl groups is 1. The molecule has 0 saturated heterocycles. The largest absolute Gasteiger partial charge is 0.479 e. The first kappa shape index (κ1) is 12.9. The molecule has 0 spiro atoms. The maximum atomic E-state index is 11.9. The van der Waals surface area contributed by atoms with Gasteiger partial charge >= 0.3 is 11.5 Å². The van der Waals surface area contributed by atoms with E-state index < -0.39 is 17.6 Å². The molecule has 0 aromatic heterocycles. The second kappa shape index (κ2) is 4.75. The van der Waals surface area contributed by atoms with Crippen LogP contribution in [0.3, 0.4) is 0 Å².